The molecule has 0 aliphatic carbocycles. The van der Waals surface area contributed by atoms with Crippen molar-refractivity contribution >= 4 is 23.1 Å². The molecule has 0 aromatic heterocycles. The Hall–Kier alpha value is -3.59. The molecule has 2 aliphatic heterocycles. The third-order valence-electron chi connectivity index (χ3n) is 6.75. The molecule has 2 aromatic rings. The largest absolute Gasteiger partial charge is 0.343 e. The van der Waals surface area contributed by atoms with Crippen molar-refractivity contribution in [3.63, 3.8) is 0 Å². The van der Waals surface area contributed by atoms with E-state index in [1.807, 2.05) is 59.1 Å². The zero-order valence-corrected chi connectivity index (χ0v) is 19.3. The molecule has 0 radical (unpaired) electrons. The lowest BCUT2D eigenvalue weighted by Crippen LogP contribution is -2.39. The predicted octanol–water partition coefficient (Wildman–Crippen LogP) is 4.14. The molecule has 6 nitrogen and oxygen atoms in total. The van der Waals surface area contributed by atoms with E-state index in [0.29, 0.717) is 11.7 Å². The Kier molecular flexibility index (Phi) is 6.79. The highest BCUT2D eigenvalue weighted by atomic mass is 16.2. The van der Waals surface area contributed by atoms with Crippen LogP contribution in [0.1, 0.15) is 31.2 Å². The van der Waals surface area contributed by atoms with Gasteiger partial charge in [0.1, 0.15) is 17.5 Å². The van der Waals surface area contributed by atoms with Crippen molar-refractivity contribution in [3.8, 4) is 6.07 Å². The Morgan fingerprint density at radius 3 is 2.06 bits per heavy atom. The summed E-state index contributed by atoms with van der Waals surface area (Å²) in [4.78, 5) is 31.3. The number of nitriles is 1. The van der Waals surface area contributed by atoms with Crippen LogP contribution in [-0.2, 0) is 16.0 Å². The van der Waals surface area contributed by atoms with E-state index >= 15 is 0 Å². The van der Waals surface area contributed by atoms with E-state index in [-0.39, 0.29) is 30.1 Å². The molecule has 33 heavy (non-hydrogen) atoms. The molecule has 1 amide bonds. The van der Waals surface area contributed by atoms with Crippen molar-refractivity contribution in [2.75, 3.05) is 37.0 Å². The Labute approximate surface area is 195 Å². The van der Waals surface area contributed by atoms with Gasteiger partial charge in [0.25, 0.3) is 0 Å². The quantitative estimate of drug-likeness (QED) is 0.497. The zero-order chi connectivity index (χ0) is 23.4. The minimum atomic E-state index is -0.286. The molecular formula is C27H30N4O2. The maximum atomic E-state index is 12.9. The first-order chi connectivity index (χ1) is 16.0. The van der Waals surface area contributed by atoms with E-state index in [1.54, 1.807) is 0 Å². The molecule has 2 aromatic carbocycles. The Morgan fingerprint density at radius 2 is 1.48 bits per heavy atom. The van der Waals surface area contributed by atoms with Gasteiger partial charge in [-0.25, -0.2) is 0 Å². The van der Waals surface area contributed by atoms with Gasteiger partial charge in [-0.05, 0) is 42.9 Å². The minimum absolute atomic E-state index is 0.000202. The third kappa shape index (κ3) is 4.78. The molecule has 0 atom stereocenters. The minimum Gasteiger partial charge on any atom is -0.343 e. The van der Waals surface area contributed by atoms with E-state index in [0.717, 1.165) is 43.7 Å². The number of Topliss-reactive ketones (excluding diaryl/α,β-unsaturated/α-hetero) is 1. The number of likely N-dealkylation sites (tertiary alicyclic amines) is 1. The lowest BCUT2D eigenvalue weighted by molar-refractivity contribution is -0.134. The van der Waals surface area contributed by atoms with E-state index in [4.69, 9.17) is 0 Å². The first-order valence-corrected chi connectivity index (χ1v) is 11.6. The van der Waals surface area contributed by atoms with Gasteiger partial charge in [-0.1, -0.05) is 42.5 Å². The highest BCUT2D eigenvalue weighted by Crippen LogP contribution is 2.40. The molecule has 0 unspecified atom stereocenters. The molecular weight excluding hydrogens is 412 g/mol. The number of hydrogen-bond acceptors (Lipinski definition) is 5. The van der Waals surface area contributed by atoms with Gasteiger partial charge in [-0.3, -0.25) is 9.59 Å². The number of rotatable bonds is 6. The number of amides is 1. The maximum absolute atomic E-state index is 12.9. The number of ketones is 1. The molecule has 1 fully saturated rings. The summed E-state index contributed by atoms with van der Waals surface area (Å²) < 4.78 is 0. The predicted molar refractivity (Wildman–Crippen MR) is 130 cm³/mol. The molecule has 1 saturated heterocycles. The Bertz CT molecular complexity index is 1060. The van der Waals surface area contributed by atoms with Crippen LogP contribution in [-0.4, -0.2) is 43.8 Å². The number of piperidine rings is 1. The zero-order valence-electron chi connectivity index (χ0n) is 19.3. The van der Waals surface area contributed by atoms with Gasteiger partial charge in [-0.2, -0.15) is 5.26 Å². The normalized spacial score (nSPS) is 15.9. The second-order valence-electron chi connectivity index (χ2n) is 8.85. The number of allylic oxidation sites excluding steroid dienone is 1. The van der Waals surface area contributed by atoms with E-state index < -0.39 is 0 Å². The molecule has 0 saturated carbocycles. The molecule has 0 bridgehead atoms. The van der Waals surface area contributed by atoms with E-state index in [1.165, 1.54) is 5.56 Å². The number of benzene rings is 2. The number of fused-ring (bicyclic) bond motifs is 1. The van der Waals surface area contributed by atoms with Gasteiger partial charge in [0.2, 0.25) is 5.91 Å². The molecule has 6 heteroatoms. The van der Waals surface area contributed by atoms with Crippen LogP contribution in [0, 0.1) is 17.2 Å². The summed E-state index contributed by atoms with van der Waals surface area (Å²) in [7, 11) is 3.71. The molecule has 170 valence electrons. The van der Waals surface area contributed by atoms with Crippen molar-refractivity contribution in [2.45, 2.75) is 32.1 Å². The van der Waals surface area contributed by atoms with Crippen LogP contribution in [0.3, 0.4) is 0 Å². The maximum Gasteiger partial charge on any atom is 0.223 e. The molecule has 2 aliphatic rings. The number of carbonyl (C=O) groups is 2. The Morgan fingerprint density at radius 1 is 0.909 bits per heavy atom. The summed E-state index contributed by atoms with van der Waals surface area (Å²) in [5.41, 5.74) is 3.34. The first kappa shape index (κ1) is 22.6. The van der Waals surface area contributed by atoms with Crippen molar-refractivity contribution < 1.29 is 9.59 Å². The topological polar surface area (TPSA) is 67.6 Å². The van der Waals surface area contributed by atoms with Crippen LogP contribution in [0.25, 0.3) is 0 Å². The number of para-hydroxylation sites is 2. The Balaban J connectivity index is 1.33. The van der Waals surface area contributed by atoms with Crippen LogP contribution < -0.4 is 9.80 Å². The van der Waals surface area contributed by atoms with Gasteiger partial charge in [0, 0.05) is 40.0 Å². The average molecular weight is 443 g/mol. The van der Waals surface area contributed by atoms with Crippen molar-refractivity contribution in [2.24, 2.45) is 5.92 Å². The number of hydrogen-bond donors (Lipinski definition) is 0. The van der Waals surface area contributed by atoms with Gasteiger partial charge in [-0.15, -0.1) is 0 Å². The first-order valence-electron chi connectivity index (χ1n) is 11.6. The fourth-order valence-corrected chi connectivity index (χ4v) is 4.89. The summed E-state index contributed by atoms with van der Waals surface area (Å²) in [5.74, 6) is 0.868. The highest BCUT2D eigenvalue weighted by molar-refractivity contribution is 6.03. The molecule has 4 rings (SSSR count). The van der Waals surface area contributed by atoms with E-state index in [9.17, 15) is 14.9 Å². The van der Waals surface area contributed by atoms with Gasteiger partial charge >= 0.3 is 0 Å². The van der Waals surface area contributed by atoms with Gasteiger partial charge in [0.05, 0.1) is 11.4 Å². The molecule has 0 N–H and O–H groups in total. The van der Waals surface area contributed by atoms with Crippen LogP contribution in [0.5, 0.6) is 0 Å². The smallest absolute Gasteiger partial charge is 0.223 e. The van der Waals surface area contributed by atoms with Gasteiger partial charge < -0.3 is 14.7 Å². The number of carbonyl (C=O) groups excluding carboxylic acids is 2. The number of anilines is 2. The monoisotopic (exact) mass is 442 g/mol. The van der Waals surface area contributed by atoms with Crippen LogP contribution in [0.4, 0.5) is 11.4 Å². The third-order valence-corrected chi connectivity index (χ3v) is 6.75. The summed E-state index contributed by atoms with van der Waals surface area (Å²) in [6, 6.07) is 20.4. The fourth-order valence-electron chi connectivity index (χ4n) is 4.89. The van der Waals surface area contributed by atoms with Crippen molar-refractivity contribution in [3.05, 3.63) is 71.6 Å². The van der Waals surface area contributed by atoms with Crippen molar-refractivity contribution in [1.82, 2.24) is 4.90 Å². The van der Waals surface area contributed by atoms with Crippen LogP contribution in [0.2, 0.25) is 0 Å². The standard InChI is InChI=1S/C27H30N4O2/c1-29-23-10-6-7-11-24(23)30(2)27(29)22(19-28)25(32)12-13-26(33)31-16-14-21(15-17-31)18-20-8-4-3-5-9-20/h3-11,21H,12-18H2,1-2H3. The van der Waals surface area contributed by atoms with Crippen molar-refractivity contribution in [1.29, 1.82) is 5.26 Å². The lowest BCUT2D eigenvalue weighted by atomic mass is 9.90. The van der Waals surface area contributed by atoms with Gasteiger partial charge in [0.15, 0.2) is 5.78 Å². The SMILES string of the molecule is CN1C(=C(C#N)C(=O)CCC(=O)N2CCC(Cc3ccccc3)CC2)N(C)c2ccccc21. The summed E-state index contributed by atoms with van der Waals surface area (Å²) >= 11 is 0. The average Bonchev–Trinajstić information content (AvgIpc) is 3.10. The fraction of sp³-hybridized carbons (Fsp3) is 0.370. The van der Waals surface area contributed by atoms with E-state index in [2.05, 4.69) is 30.3 Å². The summed E-state index contributed by atoms with van der Waals surface area (Å²) in [6.07, 6.45) is 3.20. The molecule has 0 spiro atoms. The summed E-state index contributed by atoms with van der Waals surface area (Å²) in [6.45, 7) is 1.47. The second kappa shape index (κ2) is 9.91. The molecule has 2 heterocycles. The number of nitrogens with zero attached hydrogens (tertiary/aromatic N) is 4. The highest BCUT2D eigenvalue weighted by Gasteiger charge is 2.31. The van der Waals surface area contributed by atoms with Crippen LogP contribution >= 0.6 is 0 Å². The summed E-state index contributed by atoms with van der Waals surface area (Å²) in [5, 5.41) is 9.76. The van der Waals surface area contributed by atoms with Crippen LogP contribution in [0.15, 0.2) is 66.0 Å². The lowest BCUT2D eigenvalue weighted by Gasteiger charge is -2.32. The second-order valence-corrected chi connectivity index (χ2v) is 8.85.